The average Bonchev–Trinajstić information content (AvgIpc) is 1.59. The molecule has 0 fully saturated rings. The van der Waals surface area contributed by atoms with Gasteiger partial charge in [-0.25, -0.2) is 15.0 Å². The maximum Gasteiger partial charge on any atom is 0.146 e. The van der Waals surface area contributed by atoms with E-state index in [0.29, 0.717) is 0 Å². The smallest absolute Gasteiger partial charge is 0.146 e. The molecule has 29 rings (SSSR count). The lowest BCUT2D eigenvalue weighted by Gasteiger charge is -2.15. The fourth-order valence-corrected chi connectivity index (χ4v) is 21.2. The van der Waals surface area contributed by atoms with Gasteiger partial charge in [0.15, 0.2) is 0 Å². The molecule has 29 aromatic rings. The fraction of sp³-hybridized carbons (Fsp3) is 0. The van der Waals surface area contributed by atoms with Crippen molar-refractivity contribution in [3.8, 4) is 78.1 Å². The van der Waals surface area contributed by atoms with Crippen molar-refractivity contribution < 1.29 is 0 Å². The van der Waals surface area contributed by atoms with Gasteiger partial charge < -0.3 is 9.13 Å². The lowest BCUT2D eigenvalue weighted by molar-refractivity contribution is 1.18. The summed E-state index contributed by atoms with van der Waals surface area (Å²) in [7, 11) is 0. The van der Waals surface area contributed by atoms with E-state index < -0.39 is 0 Å². The maximum atomic E-state index is 5.24. The maximum absolute atomic E-state index is 5.24. The van der Waals surface area contributed by atoms with Crippen molar-refractivity contribution >= 4 is 180 Å². The number of hydrogen-bond donors (Lipinski definition) is 0. The SMILES string of the molecule is c1ccc(-c2ccc3c(c2)c2cc(-c4ccc(-c5ccc6ccccc6c5)cc4)ccc2c2nc4ccccc4n32)cc1.c1ccc(-c2ccc3c(c2)c2cc(-c4ccc(-c5ccc6ccccc6c5)cc4)ccc2n2c4ccccc4nc32)cc1.c1ccc2c(c1)nc1c3cc(-n4c5ccccc5c5ccccc54)ccc3c3cc(-n4c5ccccc5c5ccccc54)ccc3n21. The molecule has 8 heterocycles. The molecule has 618 valence electrons. The predicted molar refractivity (Wildman–Crippen MR) is 559 cm³/mol. The fourth-order valence-electron chi connectivity index (χ4n) is 21.2. The van der Waals surface area contributed by atoms with E-state index in [1.807, 2.05) is 0 Å². The van der Waals surface area contributed by atoms with Crippen molar-refractivity contribution in [2.45, 2.75) is 0 Å². The van der Waals surface area contributed by atoms with Crippen LogP contribution in [0.4, 0.5) is 0 Å². The third kappa shape index (κ3) is 12.3. The van der Waals surface area contributed by atoms with Gasteiger partial charge in [0, 0.05) is 65.2 Å². The molecule has 0 N–H and O–H groups in total. The second kappa shape index (κ2) is 30.4. The summed E-state index contributed by atoms with van der Waals surface area (Å²) in [5.74, 6) is 0. The highest BCUT2D eigenvalue weighted by atomic mass is 15.0. The molecular formula is C125H78N8. The monoisotopic (exact) mass is 1690 g/mol. The van der Waals surface area contributed by atoms with E-state index in [1.54, 1.807) is 0 Å². The summed E-state index contributed by atoms with van der Waals surface area (Å²) in [6.45, 7) is 0. The lowest BCUT2D eigenvalue weighted by atomic mass is 9.95. The number of hydrogen-bond acceptors (Lipinski definition) is 3. The minimum absolute atomic E-state index is 0.973. The third-order valence-corrected chi connectivity index (χ3v) is 27.5. The molecular weight excluding hydrogens is 1610 g/mol. The van der Waals surface area contributed by atoms with Crippen molar-refractivity contribution in [3.05, 3.63) is 473 Å². The van der Waals surface area contributed by atoms with Gasteiger partial charge in [-0.2, -0.15) is 0 Å². The van der Waals surface area contributed by atoms with Crippen LogP contribution in [0.5, 0.6) is 0 Å². The highest BCUT2D eigenvalue weighted by Crippen LogP contribution is 2.45. The van der Waals surface area contributed by atoms with Crippen LogP contribution in [0.1, 0.15) is 0 Å². The molecule has 0 saturated carbocycles. The summed E-state index contributed by atoms with van der Waals surface area (Å²) in [5, 5.41) is 20.8. The van der Waals surface area contributed by atoms with Crippen LogP contribution in [0.25, 0.3) is 258 Å². The number of fused-ring (bicyclic) bond motifs is 32. The van der Waals surface area contributed by atoms with Crippen molar-refractivity contribution in [1.82, 2.24) is 37.3 Å². The highest BCUT2D eigenvalue weighted by Gasteiger charge is 2.23. The number of pyridine rings is 3. The summed E-state index contributed by atoms with van der Waals surface area (Å²) in [5.41, 5.74) is 34.5. The lowest BCUT2D eigenvalue weighted by Crippen LogP contribution is -1.98. The molecule has 133 heavy (non-hydrogen) atoms. The zero-order valence-corrected chi connectivity index (χ0v) is 72.1. The molecule has 8 nitrogen and oxygen atoms in total. The number of para-hydroxylation sites is 10. The topological polar surface area (TPSA) is 61.8 Å². The van der Waals surface area contributed by atoms with Crippen LogP contribution in [0.3, 0.4) is 0 Å². The van der Waals surface area contributed by atoms with Crippen LogP contribution in [0, 0.1) is 0 Å². The number of aromatic nitrogens is 8. The van der Waals surface area contributed by atoms with Crippen LogP contribution >= 0.6 is 0 Å². The number of nitrogens with zero attached hydrogens (tertiary/aromatic N) is 8. The number of benzene rings is 21. The first-order valence-electron chi connectivity index (χ1n) is 45.5. The summed E-state index contributed by atoms with van der Waals surface area (Å²) in [6, 6.07) is 171. The van der Waals surface area contributed by atoms with Crippen molar-refractivity contribution in [2.75, 3.05) is 0 Å². The zero-order chi connectivity index (χ0) is 87.3. The molecule has 0 saturated heterocycles. The van der Waals surface area contributed by atoms with E-state index in [4.69, 9.17) is 15.0 Å². The van der Waals surface area contributed by atoms with Crippen molar-refractivity contribution in [3.63, 3.8) is 0 Å². The first-order chi connectivity index (χ1) is 65.9. The Balaban J connectivity index is 0.000000102. The van der Waals surface area contributed by atoms with Crippen LogP contribution in [-0.4, -0.2) is 37.3 Å². The van der Waals surface area contributed by atoms with E-state index in [-0.39, 0.29) is 0 Å². The minimum atomic E-state index is 0.973. The standard InChI is InChI=1S/C43H26N4.2C41H26N2/c1-6-16-37-30(11-1)31-12-2-7-17-38(31)45(37)27-21-23-29-34-25-28(46-39-18-8-3-13-32(39)33-14-4-9-19-40(33)46)22-24-41(34)47-42-20-10-5-15-36(42)44-43(47)35(29)26-27;1-2-8-27(9-3-1)34-21-23-39-37(26-34)36-25-33(20-22-35(36)41-42-38-12-6-7-13-40(38)43(39)41)30-16-14-29(15-17-30)32-19-18-28-10-4-5-11-31(28)24-32;1-2-8-27(9-3-1)33-20-22-35-36(25-33)37-26-34(21-23-39(37)43-40-13-7-6-12-38(40)42-41(35)43)30-16-14-29(15-17-30)32-19-18-28-10-4-5-11-31(28)24-32/h1-26H;2*1-26H. The second-order valence-corrected chi connectivity index (χ2v) is 34.9. The number of rotatable bonds is 8. The van der Waals surface area contributed by atoms with Gasteiger partial charge in [0.05, 0.1) is 71.7 Å². The van der Waals surface area contributed by atoms with Gasteiger partial charge in [0.1, 0.15) is 16.9 Å². The number of imidazole rings is 3. The molecule has 8 heteroatoms. The average molecular weight is 1690 g/mol. The van der Waals surface area contributed by atoms with E-state index in [9.17, 15) is 0 Å². The Morgan fingerprint density at radius 3 is 0.774 bits per heavy atom. The van der Waals surface area contributed by atoms with Gasteiger partial charge in [0.25, 0.3) is 0 Å². The van der Waals surface area contributed by atoms with Crippen molar-refractivity contribution in [2.24, 2.45) is 0 Å². The van der Waals surface area contributed by atoms with E-state index in [2.05, 4.69) is 496 Å². The van der Waals surface area contributed by atoms with Gasteiger partial charge in [0.2, 0.25) is 0 Å². The minimum Gasteiger partial charge on any atom is -0.309 e. The quantitative estimate of drug-likeness (QED) is 0.142. The van der Waals surface area contributed by atoms with Crippen molar-refractivity contribution in [1.29, 1.82) is 0 Å². The van der Waals surface area contributed by atoms with Crippen LogP contribution < -0.4 is 0 Å². The van der Waals surface area contributed by atoms with Gasteiger partial charge in [-0.3, -0.25) is 13.2 Å². The molecule has 0 spiro atoms. The summed E-state index contributed by atoms with van der Waals surface area (Å²) in [6.07, 6.45) is 0. The molecule has 0 bridgehead atoms. The van der Waals surface area contributed by atoms with Crippen LogP contribution in [0.15, 0.2) is 473 Å². The van der Waals surface area contributed by atoms with E-state index in [1.165, 1.54) is 170 Å². The molecule has 0 amide bonds. The van der Waals surface area contributed by atoms with E-state index in [0.717, 1.165) is 88.6 Å². The largest absolute Gasteiger partial charge is 0.309 e. The van der Waals surface area contributed by atoms with Gasteiger partial charge >= 0.3 is 0 Å². The first kappa shape index (κ1) is 75.3. The third-order valence-electron chi connectivity index (χ3n) is 27.5. The zero-order valence-electron chi connectivity index (χ0n) is 72.1. The van der Waals surface area contributed by atoms with Crippen LogP contribution in [-0.2, 0) is 0 Å². The summed E-state index contributed by atoms with van der Waals surface area (Å²) in [4.78, 5) is 15.4. The summed E-state index contributed by atoms with van der Waals surface area (Å²) >= 11 is 0. The summed E-state index contributed by atoms with van der Waals surface area (Å²) < 4.78 is 11.8. The molecule has 0 atom stereocenters. The Labute approximate surface area is 763 Å². The highest BCUT2D eigenvalue weighted by molar-refractivity contribution is 6.20. The normalized spacial score (nSPS) is 11.9. The molecule has 0 unspecified atom stereocenters. The molecule has 8 aromatic heterocycles. The van der Waals surface area contributed by atoms with Gasteiger partial charge in [-0.05, 0) is 256 Å². The Bertz CT molecular complexity index is 9730. The molecule has 0 radical (unpaired) electrons. The Hall–Kier alpha value is -17.9. The van der Waals surface area contributed by atoms with Gasteiger partial charge in [-0.1, -0.05) is 322 Å². The molecule has 0 aliphatic carbocycles. The second-order valence-electron chi connectivity index (χ2n) is 34.9. The predicted octanol–water partition coefficient (Wildman–Crippen LogP) is 32.9. The first-order valence-corrected chi connectivity index (χ1v) is 45.5. The Morgan fingerprint density at radius 1 is 0.128 bits per heavy atom. The van der Waals surface area contributed by atoms with Gasteiger partial charge in [-0.15, -0.1) is 0 Å². The molecule has 0 aliphatic heterocycles. The molecule has 0 aliphatic rings. The Morgan fingerprint density at radius 2 is 0.383 bits per heavy atom. The Kier molecular flexibility index (Phi) is 17.2. The molecule has 21 aromatic carbocycles. The van der Waals surface area contributed by atoms with E-state index >= 15 is 0 Å². The van der Waals surface area contributed by atoms with Crippen LogP contribution in [0.2, 0.25) is 0 Å².